The fraction of sp³-hybridized carbons (Fsp3) is 0.333. The molecule has 0 aliphatic heterocycles. The molecule has 0 unspecified atom stereocenters. The minimum absolute atomic E-state index is 0. The normalized spacial score (nSPS) is 9.92. The minimum Gasteiger partial charge on any atom is -0.362 e. The molecule has 0 bridgehead atoms. The summed E-state index contributed by atoms with van der Waals surface area (Å²) in [6.07, 6.45) is 5.33. The zero-order chi connectivity index (χ0) is 17.0. The van der Waals surface area contributed by atoms with Gasteiger partial charge >= 0.3 is 0 Å². The summed E-state index contributed by atoms with van der Waals surface area (Å²) in [6, 6.07) is 14.5. The van der Waals surface area contributed by atoms with E-state index in [9.17, 15) is 0 Å². The zero-order valence-corrected chi connectivity index (χ0v) is 18.9. The third-order valence-electron chi connectivity index (χ3n) is 4.26. The molecule has 24 heavy (non-hydrogen) atoms. The number of aromatic nitrogens is 2. The Morgan fingerprint density at radius 2 is 1.67 bits per heavy atom. The predicted molar refractivity (Wildman–Crippen MR) is 99.2 cm³/mol. The smallest absolute Gasteiger partial charge is 0.185 e. The Morgan fingerprint density at radius 1 is 1.08 bits per heavy atom. The molecule has 0 N–H and O–H groups in total. The van der Waals surface area contributed by atoms with Crippen LogP contribution in [0.5, 0.6) is 0 Å². The summed E-state index contributed by atoms with van der Waals surface area (Å²) in [5.74, 6) is 1.25. The molecule has 3 aromatic rings. The molecule has 1 aromatic heterocycles. The first-order chi connectivity index (χ1) is 11.1. The van der Waals surface area contributed by atoms with Crippen molar-refractivity contribution in [3.63, 3.8) is 0 Å². The number of nitrogens with zero attached hydrogens (tertiary/aromatic N) is 2. The molecule has 2 nitrogen and oxygen atoms in total. The van der Waals surface area contributed by atoms with E-state index in [4.69, 9.17) is 0 Å². The van der Waals surface area contributed by atoms with E-state index in [0.29, 0.717) is 0 Å². The molecule has 2 aromatic carbocycles. The molecule has 0 radical (unpaired) electrons. The van der Waals surface area contributed by atoms with Crippen LogP contribution in [0.3, 0.4) is 0 Å². The topological polar surface area (TPSA) is 8.81 Å². The van der Waals surface area contributed by atoms with Crippen LogP contribution in [-0.2, 0) is 26.5 Å². The Kier molecular flexibility index (Phi) is 7.70. The zero-order valence-electron chi connectivity index (χ0n) is 15.9. The van der Waals surface area contributed by atoms with Gasteiger partial charge in [-0.2, -0.15) is 0 Å². The van der Waals surface area contributed by atoms with E-state index in [0.717, 1.165) is 6.42 Å². The fourth-order valence-corrected chi connectivity index (χ4v) is 2.87. The van der Waals surface area contributed by atoms with Crippen molar-refractivity contribution in [1.82, 2.24) is 4.57 Å². The monoisotopic (exact) mass is 372 g/mol. The molecule has 1 heterocycles. The summed E-state index contributed by atoms with van der Waals surface area (Å²) in [5.41, 5.74) is 2.61. The van der Waals surface area contributed by atoms with Crippen LogP contribution in [0.1, 0.15) is 39.7 Å². The molecule has 0 fully saturated rings. The Labute approximate surface area is 159 Å². The molecular formula is C21H28N2Zn. The van der Waals surface area contributed by atoms with Crippen LogP contribution in [0.4, 0.5) is 0 Å². The summed E-state index contributed by atoms with van der Waals surface area (Å²) in [6.45, 7) is 10.6. The Bertz CT molecular complexity index is 790. The number of imidazole rings is 1. The molecule has 0 saturated heterocycles. The SMILES string of the molecule is CC.CC[C-](C)[n+]1ccn(C)c1-c1cc2ccccc2cc1C.[Zn]. The van der Waals surface area contributed by atoms with E-state index >= 15 is 0 Å². The van der Waals surface area contributed by atoms with Crippen molar-refractivity contribution in [1.29, 1.82) is 0 Å². The van der Waals surface area contributed by atoms with E-state index in [2.05, 4.69) is 85.7 Å². The van der Waals surface area contributed by atoms with Gasteiger partial charge in [0.1, 0.15) is 0 Å². The number of rotatable bonds is 3. The average molecular weight is 374 g/mol. The van der Waals surface area contributed by atoms with E-state index in [1.165, 1.54) is 33.8 Å². The van der Waals surface area contributed by atoms with Crippen molar-refractivity contribution in [2.45, 2.75) is 41.0 Å². The number of hydrogen-bond acceptors (Lipinski definition) is 0. The number of benzene rings is 2. The second-order valence-corrected chi connectivity index (χ2v) is 5.71. The Hall–Kier alpha value is -1.60. The van der Waals surface area contributed by atoms with Gasteiger partial charge in [0.15, 0.2) is 5.82 Å². The van der Waals surface area contributed by atoms with Crippen molar-refractivity contribution in [2.75, 3.05) is 0 Å². The molecule has 3 rings (SSSR count). The number of fused-ring (bicyclic) bond motifs is 1. The number of hydrogen-bond donors (Lipinski definition) is 0. The molecule has 0 atom stereocenters. The molecular weight excluding hydrogens is 346 g/mol. The van der Waals surface area contributed by atoms with Crippen LogP contribution in [0.25, 0.3) is 22.2 Å². The summed E-state index contributed by atoms with van der Waals surface area (Å²) in [7, 11) is 2.11. The molecule has 124 valence electrons. The van der Waals surface area contributed by atoms with Gasteiger partial charge in [0.2, 0.25) is 0 Å². The summed E-state index contributed by atoms with van der Waals surface area (Å²) < 4.78 is 4.51. The van der Waals surface area contributed by atoms with Gasteiger partial charge in [-0.05, 0) is 35.7 Å². The van der Waals surface area contributed by atoms with Crippen molar-refractivity contribution in [3.05, 3.63) is 60.4 Å². The van der Waals surface area contributed by atoms with Crippen LogP contribution in [0.15, 0.2) is 48.8 Å². The van der Waals surface area contributed by atoms with Gasteiger partial charge in [-0.25, -0.2) is 0 Å². The molecule has 0 saturated carbocycles. The van der Waals surface area contributed by atoms with Gasteiger partial charge in [0.25, 0.3) is 0 Å². The quantitative estimate of drug-likeness (QED) is 0.336. The first kappa shape index (κ1) is 20.4. The first-order valence-corrected chi connectivity index (χ1v) is 8.51. The maximum absolute atomic E-state index is 2.30. The van der Waals surface area contributed by atoms with E-state index in [1.54, 1.807) is 0 Å². The maximum Gasteiger partial charge on any atom is 0.185 e. The van der Waals surface area contributed by atoms with E-state index in [-0.39, 0.29) is 19.5 Å². The van der Waals surface area contributed by atoms with E-state index in [1.807, 2.05) is 13.8 Å². The molecule has 0 aliphatic rings. The van der Waals surface area contributed by atoms with Crippen molar-refractivity contribution in [2.24, 2.45) is 7.05 Å². The third-order valence-corrected chi connectivity index (χ3v) is 4.26. The van der Waals surface area contributed by atoms with Gasteiger partial charge in [-0.1, -0.05) is 64.1 Å². The summed E-state index contributed by atoms with van der Waals surface area (Å²) in [4.78, 5) is 0. The van der Waals surface area contributed by atoms with Crippen LogP contribution in [0.2, 0.25) is 0 Å². The van der Waals surface area contributed by atoms with E-state index < -0.39 is 0 Å². The molecule has 0 spiro atoms. The second kappa shape index (κ2) is 9.04. The van der Waals surface area contributed by atoms with Crippen molar-refractivity contribution >= 4 is 10.8 Å². The maximum atomic E-state index is 2.30. The Morgan fingerprint density at radius 3 is 2.25 bits per heavy atom. The molecule has 3 heteroatoms. The van der Waals surface area contributed by atoms with Crippen LogP contribution < -0.4 is 4.57 Å². The van der Waals surface area contributed by atoms with Gasteiger partial charge in [0.05, 0.1) is 13.2 Å². The summed E-state index contributed by atoms with van der Waals surface area (Å²) in [5, 5.41) is 2.59. The average Bonchev–Trinajstić information content (AvgIpc) is 2.97. The predicted octanol–water partition coefficient (Wildman–Crippen LogP) is 5.27. The standard InChI is InChI=1S/C19H22N2.C2H6.Zn/c1-5-15(3)21-11-10-20(4)19(21)18-13-17-9-7-6-8-16(17)12-14(18)2;1-2;/h6-13H,5H2,1-4H3;1-2H3;. The van der Waals surface area contributed by atoms with Crippen molar-refractivity contribution in [3.8, 4) is 11.4 Å². The van der Waals surface area contributed by atoms with Gasteiger partial charge in [0, 0.05) is 31.2 Å². The van der Waals surface area contributed by atoms with Gasteiger partial charge < -0.3 is 4.57 Å². The Balaban J connectivity index is 0.000000925. The first-order valence-electron chi connectivity index (χ1n) is 8.51. The summed E-state index contributed by atoms with van der Waals surface area (Å²) >= 11 is 0. The van der Waals surface area contributed by atoms with Gasteiger partial charge in [-0.3, -0.25) is 4.57 Å². The molecule has 0 amide bonds. The third kappa shape index (κ3) is 3.90. The fourth-order valence-electron chi connectivity index (χ4n) is 2.87. The largest absolute Gasteiger partial charge is 0.362 e. The molecule has 0 aliphatic carbocycles. The second-order valence-electron chi connectivity index (χ2n) is 5.71. The van der Waals surface area contributed by atoms with Crippen LogP contribution in [-0.4, -0.2) is 4.57 Å². The number of aryl methyl sites for hydroxylation is 2. The van der Waals surface area contributed by atoms with Crippen LogP contribution in [0, 0.1) is 13.0 Å². The van der Waals surface area contributed by atoms with Crippen molar-refractivity contribution < 1.29 is 24.0 Å². The van der Waals surface area contributed by atoms with Gasteiger partial charge in [-0.15, -0.1) is 0 Å². The minimum atomic E-state index is 0. The van der Waals surface area contributed by atoms with Crippen LogP contribution >= 0.6 is 0 Å².